The van der Waals surface area contributed by atoms with Crippen LogP contribution in [0.4, 0.5) is 13.2 Å². The predicted molar refractivity (Wildman–Crippen MR) is 47.0 cm³/mol. The van der Waals surface area contributed by atoms with E-state index in [9.17, 15) is 22.8 Å². The van der Waals surface area contributed by atoms with Crippen molar-refractivity contribution in [2.24, 2.45) is 0 Å². The first kappa shape index (κ1) is 13.7. The molecule has 0 saturated heterocycles. The van der Waals surface area contributed by atoms with Crippen LogP contribution in [-0.2, 0) is 9.59 Å². The largest absolute Gasteiger partial charge is 0.471 e. The van der Waals surface area contributed by atoms with Crippen molar-refractivity contribution in [1.82, 2.24) is 10.6 Å². The van der Waals surface area contributed by atoms with E-state index < -0.39 is 24.5 Å². The standard InChI is InChI=1S/C8H13F3N2O2/c1-3-5(2)13-6(14)4-12-7(15)8(9,10)11/h5H,3-4H2,1-2H3,(H,12,15)(H,13,14). The highest BCUT2D eigenvalue weighted by Crippen LogP contribution is 2.13. The molecule has 0 aromatic carbocycles. The van der Waals surface area contributed by atoms with Crippen LogP contribution < -0.4 is 10.6 Å². The molecular formula is C8H13F3N2O2. The Labute approximate surface area is 85.2 Å². The summed E-state index contributed by atoms with van der Waals surface area (Å²) in [4.78, 5) is 21.3. The molecule has 0 fully saturated rings. The summed E-state index contributed by atoms with van der Waals surface area (Å²) in [5.41, 5.74) is 0. The summed E-state index contributed by atoms with van der Waals surface area (Å²) in [5, 5.41) is 3.89. The molecule has 2 N–H and O–H groups in total. The normalized spacial score (nSPS) is 13.1. The molecule has 0 rings (SSSR count). The number of hydrogen-bond acceptors (Lipinski definition) is 2. The summed E-state index contributed by atoms with van der Waals surface area (Å²) in [5.74, 6) is -2.75. The van der Waals surface area contributed by atoms with Crippen LogP contribution >= 0.6 is 0 Å². The van der Waals surface area contributed by atoms with Gasteiger partial charge in [0.05, 0.1) is 6.54 Å². The number of carbonyl (C=O) groups excluding carboxylic acids is 2. The van der Waals surface area contributed by atoms with E-state index >= 15 is 0 Å². The summed E-state index contributed by atoms with van der Waals surface area (Å²) in [7, 11) is 0. The third-order valence-electron chi connectivity index (χ3n) is 1.69. The fraction of sp³-hybridized carbons (Fsp3) is 0.750. The van der Waals surface area contributed by atoms with Crippen molar-refractivity contribution in [1.29, 1.82) is 0 Å². The van der Waals surface area contributed by atoms with E-state index in [4.69, 9.17) is 0 Å². The molecule has 0 heterocycles. The van der Waals surface area contributed by atoms with Crippen molar-refractivity contribution in [3.05, 3.63) is 0 Å². The fourth-order valence-corrected chi connectivity index (χ4v) is 0.689. The molecule has 0 aliphatic heterocycles. The molecule has 4 nitrogen and oxygen atoms in total. The average Bonchev–Trinajstić information content (AvgIpc) is 2.12. The summed E-state index contributed by atoms with van der Waals surface area (Å²) < 4.78 is 35.1. The van der Waals surface area contributed by atoms with Gasteiger partial charge in [0.25, 0.3) is 0 Å². The lowest BCUT2D eigenvalue weighted by Gasteiger charge is -2.12. The van der Waals surface area contributed by atoms with Crippen LogP contribution in [0.5, 0.6) is 0 Å². The molecule has 0 spiro atoms. The third kappa shape index (κ3) is 5.92. The minimum atomic E-state index is -4.95. The Balaban J connectivity index is 3.87. The third-order valence-corrected chi connectivity index (χ3v) is 1.69. The number of alkyl halides is 3. The van der Waals surface area contributed by atoms with Gasteiger partial charge in [-0.1, -0.05) is 6.92 Å². The van der Waals surface area contributed by atoms with Crippen molar-refractivity contribution < 1.29 is 22.8 Å². The van der Waals surface area contributed by atoms with E-state index in [1.165, 1.54) is 5.32 Å². The smallest absolute Gasteiger partial charge is 0.352 e. The van der Waals surface area contributed by atoms with E-state index in [1.807, 2.05) is 6.92 Å². The van der Waals surface area contributed by atoms with Gasteiger partial charge in [-0.05, 0) is 13.3 Å². The monoisotopic (exact) mass is 226 g/mol. The van der Waals surface area contributed by atoms with E-state index in [1.54, 1.807) is 6.92 Å². The molecule has 1 unspecified atom stereocenters. The molecule has 0 bridgehead atoms. The lowest BCUT2D eigenvalue weighted by Crippen LogP contribution is -2.44. The average molecular weight is 226 g/mol. The topological polar surface area (TPSA) is 58.2 Å². The quantitative estimate of drug-likeness (QED) is 0.736. The summed E-state index contributed by atoms with van der Waals surface area (Å²) in [6.07, 6.45) is -4.28. The highest BCUT2D eigenvalue weighted by atomic mass is 19.4. The first-order valence-electron chi connectivity index (χ1n) is 4.41. The molecule has 0 saturated carbocycles. The molecule has 0 radical (unpaired) electrons. The Hall–Kier alpha value is -1.27. The highest BCUT2D eigenvalue weighted by molar-refractivity contribution is 5.87. The van der Waals surface area contributed by atoms with Gasteiger partial charge in [-0.15, -0.1) is 0 Å². The molecule has 7 heteroatoms. The maximum Gasteiger partial charge on any atom is 0.471 e. The molecule has 1 atom stereocenters. The van der Waals surface area contributed by atoms with E-state index in [2.05, 4.69) is 5.32 Å². The van der Waals surface area contributed by atoms with Crippen LogP contribution in [-0.4, -0.2) is 30.6 Å². The molecule has 15 heavy (non-hydrogen) atoms. The second kappa shape index (κ2) is 5.57. The molecular weight excluding hydrogens is 213 g/mol. The zero-order valence-corrected chi connectivity index (χ0v) is 8.44. The van der Waals surface area contributed by atoms with Crippen LogP contribution in [0, 0.1) is 0 Å². The minimum absolute atomic E-state index is 0.125. The maximum absolute atomic E-state index is 11.7. The Morgan fingerprint density at radius 3 is 2.27 bits per heavy atom. The van der Waals surface area contributed by atoms with Gasteiger partial charge in [0.15, 0.2) is 0 Å². The van der Waals surface area contributed by atoms with Gasteiger partial charge in [-0.3, -0.25) is 9.59 Å². The van der Waals surface area contributed by atoms with Gasteiger partial charge in [-0.2, -0.15) is 13.2 Å². The molecule has 88 valence electrons. The van der Waals surface area contributed by atoms with Crippen LogP contribution in [0.2, 0.25) is 0 Å². The van der Waals surface area contributed by atoms with Gasteiger partial charge >= 0.3 is 12.1 Å². The first-order chi connectivity index (χ1) is 6.77. The van der Waals surface area contributed by atoms with Crippen molar-refractivity contribution in [3.8, 4) is 0 Å². The fourth-order valence-electron chi connectivity index (χ4n) is 0.689. The Morgan fingerprint density at radius 1 is 1.33 bits per heavy atom. The number of amides is 2. The lowest BCUT2D eigenvalue weighted by atomic mass is 10.2. The summed E-state index contributed by atoms with van der Waals surface area (Å²) in [6.45, 7) is 2.87. The molecule has 0 aromatic heterocycles. The van der Waals surface area contributed by atoms with E-state index in [0.717, 1.165) is 0 Å². The second-order valence-electron chi connectivity index (χ2n) is 3.06. The van der Waals surface area contributed by atoms with Crippen LogP contribution in [0.3, 0.4) is 0 Å². The first-order valence-corrected chi connectivity index (χ1v) is 4.41. The van der Waals surface area contributed by atoms with Crippen LogP contribution in [0.25, 0.3) is 0 Å². The Kier molecular flexibility index (Phi) is 5.10. The Morgan fingerprint density at radius 2 is 1.87 bits per heavy atom. The minimum Gasteiger partial charge on any atom is -0.352 e. The van der Waals surface area contributed by atoms with Crippen LogP contribution in [0.1, 0.15) is 20.3 Å². The molecule has 0 aliphatic carbocycles. The van der Waals surface area contributed by atoms with Gasteiger partial charge in [0, 0.05) is 6.04 Å². The second-order valence-corrected chi connectivity index (χ2v) is 3.06. The number of carbonyl (C=O) groups is 2. The van der Waals surface area contributed by atoms with Gasteiger partial charge in [0.1, 0.15) is 0 Å². The van der Waals surface area contributed by atoms with Gasteiger partial charge < -0.3 is 10.6 Å². The van der Waals surface area contributed by atoms with Gasteiger partial charge in [-0.25, -0.2) is 0 Å². The zero-order chi connectivity index (χ0) is 12.1. The SMILES string of the molecule is CCC(C)NC(=O)CNC(=O)C(F)(F)F. The Bertz CT molecular complexity index is 241. The number of nitrogens with one attached hydrogen (secondary N) is 2. The lowest BCUT2D eigenvalue weighted by molar-refractivity contribution is -0.173. The van der Waals surface area contributed by atoms with Gasteiger partial charge in [0.2, 0.25) is 5.91 Å². The summed E-state index contributed by atoms with van der Waals surface area (Å²) in [6, 6.07) is -0.125. The van der Waals surface area contributed by atoms with Crippen LogP contribution in [0.15, 0.2) is 0 Å². The maximum atomic E-state index is 11.7. The number of halogens is 3. The van der Waals surface area contributed by atoms with Crippen molar-refractivity contribution in [2.45, 2.75) is 32.5 Å². The zero-order valence-electron chi connectivity index (χ0n) is 8.44. The molecule has 0 aliphatic rings. The predicted octanol–water partition coefficient (Wildman–Crippen LogP) is 0.580. The molecule has 0 aromatic rings. The summed E-state index contributed by atoms with van der Waals surface area (Å²) >= 11 is 0. The van der Waals surface area contributed by atoms with Crippen molar-refractivity contribution in [3.63, 3.8) is 0 Å². The van der Waals surface area contributed by atoms with Crippen molar-refractivity contribution >= 4 is 11.8 Å². The number of rotatable bonds is 4. The molecule has 2 amide bonds. The highest BCUT2D eigenvalue weighted by Gasteiger charge is 2.38. The van der Waals surface area contributed by atoms with E-state index in [0.29, 0.717) is 6.42 Å². The van der Waals surface area contributed by atoms with E-state index in [-0.39, 0.29) is 6.04 Å². The van der Waals surface area contributed by atoms with Crippen molar-refractivity contribution in [2.75, 3.05) is 6.54 Å². The number of hydrogen-bond donors (Lipinski definition) is 2.